The molecule has 0 aromatic heterocycles. The fraction of sp³-hybridized carbons (Fsp3) is 0.222. The number of aromatic carboxylic acids is 1. The van der Waals surface area contributed by atoms with E-state index in [0.717, 1.165) is 0 Å². The summed E-state index contributed by atoms with van der Waals surface area (Å²) in [5.41, 5.74) is -0.227. The van der Waals surface area contributed by atoms with Gasteiger partial charge >= 0.3 is 0 Å². The first-order chi connectivity index (χ1) is 12.0. The predicted octanol–water partition coefficient (Wildman–Crippen LogP) is 0.228. The maximum absolute atomic E-state index is 12.1. The number of aliphatic hydroxyl groups excluding tert-OH is 1. The topological polar surface area (TPSA) is 108 Å². The molecule has 2 N–H and O–H groups in total. The van der Waals surface area contributed by atoms with E-state index >= 15 is 0 Å². The summed E-state index contributed by atoms with van der Waals surface area (Å²) >= 11 is 0. The Balaban J connectivity index is 1.84. The molecule has 0 aliphatic carbocycles. The van der Waals surface area contributed by atoms with Gasteiger partial charge in [-0.3, -0.25) is 4.79 Å². The monoisotopic (exact) mass is 344 g/mol. The Bertz CT molecular complexity index is 729. The molecule has 1 amide bonds. The molecular formula is C18H18NO6-. The molecule has 7 heteroatoms. The van der Waals surface area contributed by atoms with Gasteiger partial charge in [-0.2, -0.15) is 0 Å². The number of carbonyl (C=O) groups excluding carboxylic acids is 2. The number of benzene rings is 2. The van der Waals surface area contributed by atoms with Gasteiger partial charge in [0.15, 0.2) is 0 Å². The fourth-order valence-electron chi connectivity index (χ4n) is 2.09. The van der Waals surface area contributed by atoms with Crippen LogP contribution in [0.2, 0.25) is 0 Å². The zero-order valence-electron chi connectivity index (χ0n) is 13.6. The highest BCUT2D eigenvalue weighted by Crippen LogP contribution is 2.17. The maximum Gasteiger partial charge on any atom is 0.252 e. The van der Waals surface area contributed by atoms with Gasteiger partial charge in [0.25, 0.3) is 5.91 Å². The van der Waals surface area contributed by atoms with Crippen LogP contribution >= 0.6 is 0 Å². The predicted molar refractivity (Wildman–Crippen MR) is 87.6 cm³/mol. The second-order valence-corrected chi connectivity index (χ2v) is 5.18. The Morgan fingerprint density at radius 2 is 1.68 bits per heavy atom. The first kappa shape index (κ1) is 18.3. The lowest BCUT2D eigenvalue weighted by atomic mass is 10.1. The molecule has 0 saturated heterocycles. The number of ether oxygens (including phenoxy) is 2. The molecule has 0 aliphatic heterocycles. The van der Waals surface area contributed by atoms with Crippen LogP contribution in [-0.4, -0.2) is 43.3 Å². The molecule has 25 heavy (non-hydrogen) atoms. The van der Waals surface area contributed by atoms with Crippen molar-refractivity contribution in [3.63, 3.8) is 0 Å². The smallest absolute Gasteiger partial charge is 0.252 e. The molecule has 0 spiro atoms. The first-order valence-corrected chi connectivity index (χ1v) is 7.54. The Hall–Kier alpha value is -3.06. The van der Waals surface area contributed by atoms with E-state index in [0.29, 0.717) is 11.5 Å². The van der Waals surface area contributed by atoms with Crippen molar-refractivity contribution in [1.82, 2.24) is 5.32 Å². The molecule has 2 aromatic carbocycles. The summed E-state index contributed by atoms with van der Waals surface area (Å²) in [5.74, 6) is -0.808. The molecule has 0 bridgehead atoms. The molecule has 0 radical (unpaired) electrons. The van der Waals surface area contributed by atoms with Gasteiger partial charge in [0.1, 0.15) is 24.2 Å². The highest BCUT2D eigenvalue weighted by molar-refractivity contribution is 6.04. The lowest BCUT2D eigenvalue weighted by Crippen LogP contribution is -2.36. The Labute approximate surface area is 144 Å². The lowest BCUT2D eigenvalue weighted by molar-refractivity contribution is -0.255. The number of amides is 1. The lowest BCUT2D eigenvalue weighted by Gasteiger charge is -2.15. The fourth-order valence-corrected chi connectivity index (χ4v) is 2.09. The summed E-state index contributed by atoms with van der Waals surface area (Å²) in [6, 6.07) is 12.5. The van der Waals surface area contributed by atoms with Crippen LogP contribution in [0.4, 0.5) is 0 Å². The summed E-state index contributed by atoms with van der Waals surface area (Å²) in [5, 5.41) is 23.4. The number of carbonyl (C=O) groups is 2. The standard InChI is InChI=1S/C18H19NO6/c1-24-13-6-8-14(9-7-13)25-11-12(20)10-19-17(21)15-4-2-3-5-16(15)18(22)23/h2-9,12,20H,10-11H2,1H3,(H,19,21)(H,22,23)/p-1/t12-/m1/s1. The van der Waals surface area contributed by atoms with Crippen molar-refractivity contribution >= 4 is 11.9 Å². The van der Waals surface area contributed by atoms with E-state index in [1.165, 1.54) is 18.2 Å². The minimum absolute atomic E-state index is 0.0224. The van der Waals surface area contributed by atoms with E-state index < -0.39 is 18.0 Å². The number of aliphatic hydroxyl groups is 1. The molecule has 0 heterocycles. The number of nitrogens with one attached hydrogen (secondary N) is 1. The highest BCUT2D eigenvalue weighted by Gasteiger charge is 2.13. The third-order valence-corrected chi connectivity index (χ3v) is 3.39. The van der Waals surface area contributed by atoms with Crippen molar-refractivity contribution in [2.24, 2.45) is 0 Å². The summed E-state index contributed by atoms with van der Waals surface area (Å²) < 4.78 is 10.4. The zero-order chi connectivity index (χ0) is 18.2. The van der Waals surface area contributed by atoms with Gasteiger partial charge in [-0.05, 0) is 30.3 Å². The summed E-state index contributed by atoms with van der Waals surface area (Å²) in [6.45, 7) is -0.120. The second-order valence-electron chi connectivity index (χ2n) is 5.18. The molecule has 0 aliphatic rings. The number of hydrogen-bond donors (Lipinski definition) is 2. The molecule has 7 nitrogen and oxygen atoms in total. The Morgan fingerprint density at radius 1 is 1.08 bits per heavy atom. The van der Waals surface area contributed by atoms with Gasteiger partial charge in [-0.15, -0.1) is 0 Å². The van der Waals surface area contributed by atoms with Crippen LogP contribution in [0.5, 0.6) is 11.5 Å². The van der Waals surface area contributed by atoms with Gasteiger partial charge in [-0.25, -0.2) is 0 Å². The van der Waals surface area contributed by atoms with Crippen molar-refractivity contribution < 1.29 is 29.3 Å². The summed E-state index contributed by atoms with van der Waals surface area (Å²) in [6.07, 6.45) is -0.957. The van der Waals surface area contributed by atoms with Crippen molar-refractivity contribution in [3.8, 4) is 11.5 Å². The molecule has 0 unspecified atom stereocenters. The SMILES string of the molecule is COc1ccc(OC[C@H](O)CNC(=O)c2ccccc2C(=O)[O-])cc1. The average molecular weight is 344 g/mol. The number of carboxylic acid groups (broad SMARTS) is 1. The minimum atomic E-state index is -1.44. The van der Waals surface area contributed by atoms with Gasteiger partial charge in [0, 0.05) is 17.7 Å². The van der Waals surface area contributed by atoms with E-state index in [1.807, 2.05) is 0 Å². The summed E-state index contributed by atoms with van der Waals surface area (Å²) in [4.78, 5) is 23.1. The van der Waals surface area contributed by atoms with Crippen molar-refractivity contribution in [3.05, 3.63) is 59.7 Å². The van der Waals surface area contributed by atoms with Crippen molar-refractivity contribution in [2.75, 3.05) is 20.3 Å². The van der Waals surface area contributed by atoms with E-state index in [1.54, 1.807) is 37.4 Å². The average Bonchev–Trinajstić information content (AvgIpc) is 2.64. The number of rotatable bonds is 8. The Kier molecular flexibility index (Phi) is 6.36. The van der Waals surface area contributed by atoms with E-state index in [9.17, 15) is 19.8 Å². The normalized spacial score (nSPS) is 11.4. The van der Waals surface area contributed by atoms with Crippen LogP contribution in [0.25, 0.3) is 0 Å². The molecule has 2 rings (SSSR count). The quantitative estimate of drug-likeness (QED) is 0.710. The van der Waals surface area contributed by atoms with Crippen LogP contribution in [0.1, 0.15) is 20.7 Å². The minimum Gasteiger partial charge on any atom is -0.545 e. The third kappa shape index (κ3) is 5.22. The van der Waals surface area contributed by atoms with Crippen molar-refractivity contribution in [1.29, 1.82) is 0 Å². The molecular weight excluding hydrogens is 326 g/mol. The second kappa shape index (κ2) is 8.70. The molecule has 0 saturated carbocycles. The van der Waals surface area contributed by atoms with Crippen molar-refractivity contribution in [2.45, 2.75) is 6.10 Å². The highest BCUT2D eigenvalue weighted by atomic mass is 16.5. The van der Waals surface area contributed by atoms with E-state index in [2.05, 4.69) is 5.32 Å². The van der Waals surface area contributed by atoms with Gasteiger partial charge in [-0.1, -0.05) is 18.2 Å². The van der Waals surface area contributed by atoms with E-state index in [-0.39, 0.29) is 24.3 Å². The number of carboxylic acids is 1. The Morgan fingerprint density at radius 3 is 2.28 bits per heavy atom. The summed E-state index contributed by atoms with van der Waals surface area (Å²) in [7, 11) is 1.56. The molecule has 1 atom stereocenters. The molecule has 132 valence electrons. The van der Waals surface area contributed by atoms with Crippen LogP contribution in [0.15, 0.2) is 48.5 Å². The van der Waals surface area contributed by atoms with Gasteiger partial charge in [0.2, 0.25) is 0 Å². The van der Waals surface area contributed by atoms with E-state index in [4.69, 9.17) is 9.47 Å². The van der Waals surface area contributed by atoms with Crippen LogP contribution < -0.4 is 19.9 Å². The van der Waals surface area contributed by atoms with Crippen LogP contribution in [-0.2, 0) is 0 Å². The zero-order valence-corrected chi connectivity index (χ0v) is 13.6. The first-order valence-electron chi connectivity index (χ1n) is 7.54. The number of methoxy groups -OCH3 is 1. The van der Waals surface area contributed by atoms with Gasteiger partial charge < -0.3 is 29.8 Å². The largest absolute Gasteiger partial charge is 0.545 e. The van der Waals surface area contributed by atoms with Crippen LogP contribution in [0, 0.1) is 0 Å². The van der Waals surface area contributed by atoms with Gasteiger partial charge in [0.05, 0.1) is 13.1 Å². The van der Waals surface area contributed by atoms with Crippen LogP contribution in [0.3, 0.4) is 0 Å². The number of hydrogen-bond acceptors (Lipinski definition) is 6. The molecule has 2 aromatic rings. The molecule has 0 fully saturated rings. The third-order valence-electron chi connectivity index (χ3n) is 3.39. The maximum atomic E-state index is 12.1.